The Balaban J connectivity index is 1.89. The molecule has 49 heavy (non-hydrogen) atoms. The first-order valence-electron chi connectivity index (χ1n) is 15.4. The quantitative estimate of drug-likeness (QED) is 0.187. The van der Waals surface area contributed by atoms with Crippen molar-refractivity contribution < 1.29 is 55.4 Å². The Hall–Kier alpha value is -4.22. The second-order valence-electron chi connectivity index (χ2n) is 13.5. The molecule has 3 rings (SSSR count). The molecule has 1 aliphatic rings. The van der Waals surface area contributed by atoms with Crippen LogP contribution in [0.2, 0.25) is 0 Å². The summed E-state index contributed by atoms with van der Waals surface area (Å²) in [5.41, 5.74) is -2.49. The zero-order valence-corrected chi connectivity index (χ0v) is 29.9. The van der Waals surface area contributed by atoms with E-state index in [2.05, 4.69) is 0 Å². The van der Waals surface area contributed by atoms with E-state index in [1.807, 2.05) is 0 Å². The number of hydrogen-bond acceptors (Lipinski definition) is 14. The third kappa shape index (κ3) is 11.7. The van der Waals surface area contributed by atoms with Crippen LogP contribution < -0.4 is 11.2 Å². The minimum atomic E-state index is -4.28. The van der Waals surface area contributed by atoms with Crippen LogP contribution in [0.5, 0.6) is 0 Å². The van der Waals surface area contributed by atoms with E-state index in [-0.39, 0.29) is 16.9 Å². The van der Waals surface area contributed by atoms with Crippen LogP contribution in [0.3, 0.4) is 0 Å². The molecule has 1 aromatic carbocycles. The zero-order chi connectivity index (χ0) is 36.9. The third-order valence-electron chi connectivity index (χ3n) is 6.69. The van der Waals surface area contributed by atoms with Crippen molar-refractivity contribution in [2.45, 2.75) is 116 Å². The Morgan fingerprint density at radius 1 is 0.959 bits per heavy atom. The summed E-state index contributed by atoms with van der Waals surface area (Å²) in [5, 5.41) is 0. The Morgan fingerprint density at radius 3 is 2.12 bits per heavy atom. The summed E-state index contributed by atoms with van der Waals surface area (Å²) >= 11 is 0. The second-order valence-corrected chi connectivity index (χ2v) is 15.1. The molecule has 1 fully saturated rings. The maximum Gasteiger partial charge on any atom is 0.509 e. The molecule has 272 valence electrons. The number of aryl methyl sites for hydroxylation is 2. The van der Waals surface area contributed by atoms with Gasteiger partial charge in [-0.05, 0) is 67.5 Å². The molecule has 2 aromatic rings. The second kappa shape index (κ2) is 15.6. The van der Waals surface area contributed by atoms with Gasteiger partial charge in [-0.25, -0.2) is 14.4 Å². The molecule has 2 heterocycles. The van der Waals surface area contributed by atoms with Gasteiger partial charge in [-0.1, -0.05) is 17.7 Å². The van der Waals surface area contributed by atoms with E-state index in [9.17, 15) is 32.4 Å². The van der Waals surface area contributed by atoms with Crippen molar-refractivity contribution in [1.29, 1.82) is 0 Å². The van der Waals surface area contributed by atoms with Crippen molar-refractivity contribution in [3.8, 4) is 0 Å². The molecule has 0 saturated carbocycles. The molecule has 4 atom stereocenters. The molecule has 16 nitrogen and oxygen atoms in total. The Labute approximate surface area is 284 Å². The smallest absolute Gasteiger partial charge is 0.458 e. The van der Waals surface area contributed by atoms with E-state index < -0.39 is 95.1 Å². The van der Waals surface area contributed by atoms with Gasteiger partial charge in [0.2, 0.25) is 0 Å². The number of benzene rings is 1. The number of nitrogens with zero attached hydrogens (tertiary/aromatic N) is 2. The molecular formula is C32H44N2O14S. The number of rotatable bonds is 11. The molecule has 0 amide bonds. The molecule has 0 radical (unpaired) electrons. The lowest BCUT2D eigenvalue weighted by Crippen LogP contribution is -2.45. The molecule has 0 N–H and O–H groups in total. The standard InChI is InChI=1S/C32H44N2O14S/c1-19-10-12-23(13-11-19)49(40,41)43-17-22(44-21(3)35)16-34-27(36)20(2)15-33(28(34)37)26-14-24(46-30(39)48-32(7,8)9)25(45-26)18-42-29(38)47-31(4,5)6/h10-13,15,22,24-26H,14,16-18H2,1-9H3/t22?,24-,25+,26+/m0/s1. The normalized spacial score (nSPS) is 18.8. The van der Waals surface area contributed by atoms with Crippen LogP contribution in [0, 0.1) is 13.8 Å². The van der Waals surface area contributed by atoms with E-state index in [0.717, 1.165) is 21.6 Å². The zero-order valence-electron chi connectivity index (χ0n) is 29.0. The van der Waals surface area contributed by atoms with Gasteiger partial charge in [0.1, 0.15) is 49.0 Å². The molecule has 17 heteroatoms. The summed E-state index contributed by atoms with van der Waals surface area (Å²) in [6, 6.07) is 5.86. The molecule has 1 unspecified atom stereocenters. The first-order chi connectivity index (χ1) is 22.5. The predicted octanol–water partition coefficient (Wildman–Crippen LogP) is 3.52. The Kier molecular flexibility index (Phi) is 12.4. The topological polar surface area (TPSA) is 194 Å². The van der Waals surface area contributed by atoms with Crippen molar-refractivity contribution in [2.75, 3.05) is 13.2 Å². The maximum atomic E-state index is 13.8. The molecule has 0 bridgehead atoms. The average molecular weight is 713 g/mol. The van der Waals surface area contributed by atoms with Crippen LogP contribution in [0.1, 0.15) is 72.2 Å². The van der Waals surface area contributed by atoms with Gasteiger partial charge in [-0.3, -0.25) is 22.9 Å². The fraction of sp³-hybridized carbons (Fsp3) is 0.594. The molecule has 1 aliphatic heterocycles. The van der Waals surface area contributed by atoms with Crippen LogP contribution in [0.25, 0.3) is 0 Å². The lowest BCUT2D eigenvalue weighted by molar-refractivity contribution is -0.148. The number of hydrogen-bond donors (Lipinski definition) is 0. The van der Waals surface area contributed by atoms with Gasteiger partial charge >= 0.3 is 24.0 Å². The van der Waals surface area contributed by atoms with E-state index in [1.165, 1.54) is 25.3 Å². The third-order valence-corrected chi connectivity index (χ3v) is 7.98. The number of esters is 1. The number of carbonyl (C=O) groups excluding carboxylic acids is 3. The number of carbonyl (C=O) groups is 3. The number of aromatic nitrogens is 2. The average Bonchev–Trinajstić information content (AvgIpc) is 3.34. The summed E-state index contributed by atoms with van der Waals surface area (Å²) < 4.78 is 64.9. The van der Waals surface area contributed by atoms with Gasteiger partial charge in [0, 0.05) is 25.1 Å². The predicted molar refractivity (Wildman–Crippen MR) is 171 cm³/mol. The van der Waals surface area contributed by atoms with Gasteiger partial charge in [0.25, 0.3) is 15.7 Å². The van der Waals surface area contributed by atoms with E-state index in [0.29, 0.717) is 0 Å². The molecular weight excluding hydrogens is 668 g/mol. The van der Waals surface area contributed by atoms with Crippen molar-refractivity contribution in [1.82, 2.24) is 9.13 Å². The van der Waals surface area contributed by atoms with E-state index in [1.54, 1.807) is 60.6 Å². The van der Waals surface area contributed by atoms with Crippen LogP contribution in [-0.4, -0.2) is 78.6 Å². The van der Waals surface area contributed by atoms with Crippen molar-refractivity contribution >= 4 is 28.4 Å². The minimum absolute atomic E-state index is 0.0797. The highest BCUT2D eigenvalue weighted by atomic mass is 32.2. The van der Waals surface area contributed by atoms with Crippen LogP contribution in [-0.2, 0) is 54.1 Å². The van der Waals surface area contributed by atoms with Gasteiger partial charge < -0.3 is 28.4 Å². The SMILES string of the molecule is CC(=O)OC(COS(=O)(=O)c1ccc(C)cc1)Cn1c(=O)c(C)cn([C@H]2C[C@H](OC(=O)OC(C)(C)C)[C@@H](COC(=O)OC(C)(C)C)O2)c1=O. The van der Waals surface area contributed by atoms with Crippen LogP contribution in [0.4, 0.5) is 9.59 Å². The van der Waals surface area contributed by atoms with Crippen LogP contribution >= 0.6 is 0 Å². The first kappa shape index (κ1) is 39.2. The van der Waals surface area contributed by atoms with Crippen molar-refractivity contribution in [2.24, 2.45) is 0 Å². The van der Waals surface area contributed by atoms with Gasteiger partial charge in [0.15, 0.2) is 0 Å². The highest BCUT2D eigenvalue weighted by Crippen LogP contribution is 2.31. The number of ether oxygens (including phenoxy) is 6. The summed E-state index contributed by atoms with van der Waals surface area (Å²) in [6.45, 7) is 12.5. The van der Waals surface area contributed by atoms with Crippen molar-refractivity contribution in [3.63, 3.8) is 0 Å². The summed E-state index contributed by atoms with van der Waals surface area (Å²) in [7, 11) is -4.28. The first-order valence-corrected chi connectivity index (χ1v) is 16.8. The fourth-order valence-electron chi connectivity index (χ4n) is 4.60. The molecule has 1 saturated heterocycles. The largest absolute Gasteiger partial charge is 0.509 e. The van der Waals surface area contributed by atoms with Crippen LogP contribution in [0.15, 0.2) is 44.9 Å². The Morgan fingerprint density at radius 2 is 1.55 bits per heavy atom. The van der Waals surface area contributed by atoms with Gasteiger partial charge in [-0.2, -0.15) is 8.42 Å². The monoisotopic (exact) mass is 712 g/mol. The van der Waals surface area contributed by atoms with Crippen molar-refractivity contribution in [3.05, 3.63) is 62.4 Å². The van der Waals surface area contributed by atoms with E-state index in [4.69, 9.17) is 32.6 Å². The lowest BCUT2D eigenvalue weighted by Gasteiger charge is -2.23. The maximum absolute atomic E-state index is 13.8. The molecule has 1 aromatic heterocycles. The summed E-state index contributed by atoms with van der Waals surface area (Å²) in [5.74, 6) is -0.809. The lowest BCUT2D eigenvalue weighted by atomic mass is 10.2. The minimum Gasteiger partial charge on any atom is -0.458 e. The van der Waals surface area contributed by atoms with E-state index >= 15 is 0 Å². The highest BCUT2D eigenvalue weighted by molar-refractivity contribution is 7.86. The highest BCUT2D eigenvalue weighted by Gasteiger charge is 2.42. The summed E-state index contributed by atoms with van der Waals surface area (Å²) in [4.78, 5) is 63.5. The molecule has 0 aliphatic carbocycles. The van der Waals surface area contributed by atoms with Gasteiger partial charge in [-0.15, -0.1) is 0 Å². The van der Waals surface area contributed by atoms with Gasteiger partial charge in [0.05, 0.1) is 11.4 Å². The Bertz CT molecular complexity index is 1730. The molecule has 0 spiro atoms. The summed E-state index contributed by atoms with van der Waals surface area (Å²) in [6.07, 6.45) is -5.56. The fourth-order valence-corrected chi connectivity index (χ4v) is 5.54.